The van der Waals surface area contributed by atoms with Gasteiger partial charge in [0, 0.05) is 35.4 Å². The van der Waals surface area contributed by atoms with Gasteiger partial charge in [0.15, 0.2) is 0 Å². The van der Waals surface area contributed by atoms with E-state index in [4.69, 9.17) is 0 Å². The highest BCUT2D eigenvalue weighted by atomic mass is 16.5. The highest BCUT2D eigenvalue weighted by molar-refractivity contribution is 5.56. The van der Waals surface area contributed by atoms with Crippen molar-refractivity contribution in [1.29, 1.82) is 0 Å². The van der Waals surface area contributed by atoms with E-state index < -0.39 is 0 Å². The standard InChI is InChI=1S/C43H43N3O3/c1-42(2)32-24-34(42)30(22-26-12-7-5-8-13-26)40-28(32)18-20-38(45(40)48)36-16-11-17-37(44(36)47)39-21-19-29-33-25-35(43(33,3)4)31(41(29)46(39)49)23-27-14-9-6-10-15-27/h5-21,30-35H,22-25H2,1-4H3/t30-,31-,32-,33-,34+,35+/m0/s1. The third kappa shape index (κ3) is 4.28. The first-order chi connectivity index (χ1) is 23.6. The minimum absolute atomic E-state index is 0.0554. The fourth-order valence-corrected chi connectivity index (χ4v) is 10.6. The molecule has 0 saturated heterocycles. The van der Waals surface area contributed by atoms with Gasteiger partial charge in [-0.2, -0.15) is 14.2 Å². The predicted molar refractivity (Wildman–Crippen MR) is 189 cm³/mol. The minimum Gasteiger partial charge on any atom is -0.618 e. The van der Waals surface area contributed by atoms with E-state index in [0.717, 1.165) is 62.4 Å². The number of nitrogens with zero attached hydrogens (tertiary/aromatic N) is 3. The fraction of sp³-hybridized carbons (Fsp3) is 0.372. The molecule has 2 saturated carbocycles. The average Bonchev–Trinajstić information content (AvgIpc) is 3.09. The van der Waals surface area contributed by atoms with E-state index in [9.17, 15) is 15.6 Å². The quantitative estimate of drug-likeness (QED) is 0.139. The van der Waals surface area contributed by atoms with Crippen LogP contribution in [-0.4, -0.2) is 0 Å². The zero-order valence-electron chi connectivity index (χ0n) is 28.7. The molecule has 49 heavy (non-hydrogen) atoms. The van der Waals surface area contributed by atoms with Crippen molar-refractivity contribution in [3.63, 3.8) is 0 Å². The predicted octanol–water partition coefficient (Wildman–Crippen LogP) is 7.86. The molecule has 0 aliphatic heterocycles. The second-order valence-electron chi connectivity index (χ2n) is 16.3. The third-order valence-corrected chi connectivity index (χ3v) is 13.5. The van der Waals surface area contributed by atoms with Crippen molar-refractivity contribution in [2.24, 2.45) is 22.7 Å². The van der Waals surface area contributed by atoms with E-state index in [1.165, 1.54) is 11.1 Å². The molecule has 6 heteroatoms. The maximum atomic E-state index is 14.5. The lowest BCUT2D eigenvalue weighted by atomic mass is 9.44. The molecule has 0 spiro atoms. The van der Waals surface area contributed by atoms with Crippen LogP contribution in [0, 0.1) is 38.3 Å². The Kier molecular flexibility index (Phi) is 6.59. The van der Waals surface area contributed by atoms with E-state index in [0.29, 0.717) is 35.1 Å². The largest absolute Gasteiger partial charge is 0.618 e. The van der Waals surface area contributed by atoms with Gasteiger partial charge < -0.3 is 15.6 Å². The third-order valence-electron chi connectivity index (χ3n) is 13.5. The molecule has 6 aliphatic rings. The Morgan fingerprint density at radius 2 is 0.878 bits per heavy atom. The molecule has 248 valence electrons. The molecule has 0 radical (unpaired) electrons. The average molecular weight is 650 g/mol. The van der Waals surface area contributed by atoms with Crippen molar-refractivity contribution in [1.82, 2.24) is 0 Å². The normalized spacial score (nSPS) is 26.5. The summed E-state index contributed by atoms with van der Waals surface area (Å²) in [6, 6.07) is 33.8. The molecule has 3 aromatic heterocycles. The van der Waals surface area contributed by atoms with Crippen molar-refractivity contribution in [2.75, 3.05) is 0 Å². The number of hydrogen-bond acceptors (Lipinski definition) is 3. The fourth-order valence-electron chi connectivity index (χ4n) is 10.6. The SMILES string of the molecule is CC1(C)[C@@H]2C[C@H]1c1ccc(-c3cccc(-c4ccc5c([n+]4[O-])[C@@H](Cc4ccccc4)[C@H]4C[C@@H]5C4(C)C)[n+]3[O-])[n+]([O-])c1[C@H]2Cc1ccccc1. The van der Waals surface area contributed by atoms with Crippen LogP contribution >= 0.6 is 0 Å². The smallest absolute Gasteiger partial charge is 0.290 e. The summed E-state index contributed by atoms with van der Waals surface area (Å²) in [5, 5.41) is 43.3. The van der Waals surface area contributed by atoms with Gasteiger partial charge in [0.25, 0.3) is 22.8 Å². The van der Waals surface area contributed by atoms with Gasteiger partial charge in [0.05, 0.1) is 11.8 Å². The summed E-state index contributed by atoms with van der Waals surface area (Å²) in [5.74, 6) is 1.55. The Hall–Kier alpha value is -4.71. The molecule has 0 N–H and O–H groups in total. The molecule has 6 atom stereocenters. The molecular formula is C43H43N3O3. The molecule has 6 aliphatic carbocycles. The maximum absolute atomic E-state index is 14.5. The van der Waals surface area contributed by atoms with Gasteiger partial charge >= 0.3 is 0 Å². The van der Waals surface area contributed by atoms with Gasteiger partial charge in [0.1, 0.15) is 0 Å². The van der Waals surface area contributed by atoms with Crippen LogP contribution in [0.15, 0.2) is 103 Å². The molecule has 0 amide bonds. The van der Waals surface area contributed by atoms with Crippen LogP contribution in [0.2, 0.25) is 0 Å². The van der Waals surface area contributed by atoms with Gasteiger partial charge in [-0.3, -0.25) is 0 Å². The van der Waals surface area contributed by atoms with Crippen LogP contribution in [0.4, 0.5) is 0 Å². The Morgan fingerprint density at radius 3 is 1.27 bits per heavy atom. The van der Waals surface area contributed by atoms with Gasteiger partial charge in [-0.15, -0.1) is 0 Å². The summed E-state index contributed by atoms with van der Waals surface area (Å²) in [7, 11) is 0. The van der Waals surface area contributed by atoms with Gasteiger partial charge in [-0.1, -0.05) is 88.4 Å². The summed E-state index contributed by atoms with van der Waals surface area (Å²) < 4.78 is 2.87. The van der Waals surface area contributed by atoms with E-state index in [-0.39, 0.29) is 34.1 Å². The zero-order valence-corrected chi connectivity index (χ0v) is 28.7. The molecule has 4 bridgehead atoms. The first-order valence-corrected chi connectivity index (χ1v) is 17.9. The molecule has 3 heterocycles. The summed E-state index contributed by atoms with van der Waals surface area (Å²) in [6.45, 7) is 9.32. The lowest BCUT2D eigenvalue weighted by Gasteiger charge is -2.59. The van der Waals surface area contributed by atoms with Gasteiger partial charge in [0.2, 0.25) is 11.4 Å². The summed E-state index contributed by atoms with van der Waals surface area (Å²) in [6.07, 6.45) is 3.73. The van der Waals surface area contributed by atoms with E-state index in [1.54, 1.807) is 18.2 Å². The number of pyridine rings is 3. The van der Waals surface area contributed by atoms with E-state index in [1.807, 2.05) is 24.3 Å². The van der Waals surface area contributed by atoms with Crippen LogP contribution in [0.25, 0.3) is 22.8 Å². The monoisotopic (exact) mass is 649 g/mol. The summed E-state index contributed by atoms with van der Waals surface area (Å²) in [4.78, 5) is 0. The second-order valence-corrected chi connectivity index (χ2v) is 16.3. The Balaban J connectivity index is 1.14. The van der Waals surface area contributed by atoms with E-state index >= 15 is 0 Å². The van der Waals surface area contributed by atoms with Crippen molar-refractivity contribution in [3.05, 3.63) is 152 Å². The minimum atomic E-state index is 0.0554. The van der Waals surface area contributed by atoms with Crippen LogP contribution in [0.3, 0.4) is 0 Å². The highest BCUT2D eigenvalue weighted by Crippen LogP contribution is 2.67. The molecule has 5 aromatic rings. The van der Waals surface area contributed by atoms with Crippen molar-refractivity contribution >= 4 is 0 Å². The lowest BCUT2D eigenvalue weighted by molar-refractivity contribution is -0.640. The first-order valence-electron chi connectivity index (χ1n) is 17.9. The second kappa shape index (κ2) is 10.6. The number of benzene rings is 2. The van der Waals surface area contributed by atoms with Crippen LogP contribution in [0.1, 0.15) is 97.8 Å². The molecule has 2 aromatic carbocycles. The Labute approximate surface area is 288 Å². The van der Waals surface area contributed by atoms with Crippen molar-refractivity contribution in [2.45, 2.75) is 77.0 Å². The molecule has 11 rings (SSSR count). The van der Waals surface area contributed by atoms with Gasteiger partial charge in [-0.05, 0) is 89.5 Å². The van der Waals surface area contributed by atoms with Crippen LogP contribution in [0.5, 0.6) is 0 Å². The van der Waals surface area contributed by atoms with Crippen molar-refractivity contribution < 1.29 is 14.2 Å². The van der Waals surface area contributed by atoms with Crippen molar-refractivity contribution in [3.8, 4) is 22.8 Å². The van der Waals surface area contributed by atoms with E-state index in [2.05, 4.69) is 88.4 Å². The Bertz CT molecular complexity index is 1960. The first kappa shape index (κ1) is 30.4. The summed E-state index contributed by atoms with van der Waals surface area (Å²) in [5.41, 5.74) is 7.64. The maximum Gasteiger partial charge on any atom is 0.290 e. The zero-order chi connectivity index (χ0) is 33.8. The number of aromatic nitrogens is 3. The highest BCUT2D eigenvalue weighted by Gasteiger charge is 2.61. The summed E-state index contributed by atoms with van der Waals surface area (Å²) >= 11 is 0. The lowest BCUT2D eigenvalue weighted by Crippen LogP contribution is -2.56. The molecule has 0 unspecified atom stereocenters. The van der Waals surface area contributed by atoms with Crippen LogP contribution < -0.4 is 14.2 Å². The Morgan fingerprint density at radius 1 is 0.490 bits per heavy atom. The molecular weight excluding hydrogens is 606 g/mol. The molecule has 2 fully saturated rings. The topological polar surface area (TPSA) is 80.8 Å². The van der Waals surface area contributed by atoms with Gasteiger partial charge in [-0.25, -0.2) is 0 Å². The molecule has 6 nitrogen and oxygen atoms in total. The number of hydrogen-bond donors (Lipinski definition) is 0. The number of rotatable bonds is 6. The van der Waals surface area contributed by atoms with Crippen LogP contribution in [-0.2, 0) is 12.8 Å².